The van der Waals surface area contributed by atoms with Crippen LogP contribution < -0.4 is 21.3 Å². The second-order valence-corrected chi connectivity index (χ2v) is 12.6. The van der Waals surface area contributed by atoms with E-state index >= 15 is 0 Å². The van der Waals surface area contributed by atoms with E-state index in [1.807, 2.05) is 44.2 Å². The van der Waals surface area contributed by atoms with Crippen molar-refractivity contribution < 1.29 is 28.5 Å². The second kappa shape index (κ2) is 15.1. The summed E-state index contributed by atoms with van der Waals surface area (Å²) in [5, 5.41) is 22.2. The number of carbonyl (C=O) groups is 5. The predicted octanol–water partition coefficient (Wildman–Crippen LogP) is 1.43. The molecule has 0 unspecified atom stereocenters. The fourth-order valence-corrected chi connectivity index (χ4v) is 5.85. The van der Waals surface area contributed by atoms with Crippen molar-refractivity contribution in [2.45, 2.75) is 84.0 Å². The molecular formula is C33H42N8O6. The lowest BCUT2D eigenvalue weighted by atomic mass is 9.95. The average molecular weight is 647 g/mol. The summed E-state index contributed by atoms with van der Waals surface area (Å²) in [5.74, 6) is -2.27. The third kappa shape index (κ3) is 8.43. The van der Waals surface area contributed by atoms with Gasteiger partial charge in [0.15, 0.2) is 17.1 Å². The molecule has 2 aliphatic rings. The fourth-order valence-electron chi connectivity index (χ4n) is 5.85. The topological polar surface area (TPSA) is 191 Å². The number of amides is 5. The standard InChI is InChI=1S/C33H42N8O6/c1-19(2)15-25-31(44)37-26(16-21-9-5-4-6-10-21)30(43)34-13-14-41(33(46)28-23-11-7-8-12-24(23)38-39-28)18-22-17-27(40-47-22)32(45)35-20(3)29(42)36-25/h4-6,9-10,17,19-20,25-26H,7-8,11-16,18H2,1-3H3,(H,34,43)(H,35,45)(H,36,42)(H,37,44)(H,38,39)/t20-,25-,26-/m1/s1. The number of carbonyl (C=O) groups excluding carboxylic acids is 5. The first-order chi connectivity index (χ1) is 22.6. The lowest BCUT2D eigenvalue weighted by Crippen LogP contribution is -2.57. The van der Waals surface area contributed by atoms with Gasteiger partial charge >= 0.3 is 0 Å². The molecule has 0 fully saturated rings. The monoisotopic (exact) mass is 646 g/mol. The Morgan fingerprint density at radius 2 is 1.72 bits per heavy atom. The molecular weight excluding hydrogens is 604 g/mol. The van der Waals surface area contributed by atoms with E-state index in [0.29, 0.717) is 12.1 Å². The summed E-state index contributed by atoms with van der Waals surface area (Å²) in [4.78, 5) is 68.7. The Morgan fingerprint density at radius 1 is 0.979 bits per heavy atom. The number of fused-ring (bicyclic) bond motifs is 3. The lowest BCUT2D eigenvalue weighted by molar-refractivity contribution is -0.132. The third-order valence-corrected chi connectivity index (χ3v) is 8.36. The molecule has 47 heavy (non-hydrogen) atoms. The van der Waals surface area contributed by atoms with Crippen molar-refractivity contribution in [3.05, 3.63) is 70.4 Å². The van der Waals surface area contributed by atoms with Gasteiger partial charge in [-0.2, -0.15) is 5.10 Å². The van der Waals surface area contributed by atoms with E-state index in [0.717, 1.165) is 42.5 Å². The van der Waals surface area contributed by atoms with Crippen LogP contribution in [0.4, 0.5) is 0 Å². The number of aromatic nitrogens is 3. The molecule has 5 rings (SSSR count). The van der Waals surface area contributed by atoms with E-state index in [2.05, 4.69) is 36.6 Å². The summed E-state index contributed by atoms with van der Waals surface area (Å²) >= 11 is 0. The highest BCUT2D eigenvalue weighted by Gasteiger charge is 2.31. The summed E-state index contributed by atoms with van der Waals surface area (Å²) in [7, 11) is 0. The highest BCUT2D eigenvalue weighted by atomic mass is 16.5. The second-order valence-electron chi connectivity index (χ2n) is 12.6. The Labute approximate surface area is 272 Å². The van der Waals surface area contributed by atoms with Crippen molar-refractivity contribution in [1.82, 2.24) is 41.5 Å². The first-order valence-corrected chi connectivity index (χ1v) is 16.1. The van der Waals surface area contributed by atoms with Crippen LogP contribution in [0.15, 0.2) is 40.9 Å². The van der Waals surface area contributed by atoms with Crippen molar-refractivity contribution in [3.8, 4) is 0 Å². The maximum atomic E-state index is 13.9. The number of nitrogens with zero attached hydrogens (tertiary/aromatic N) is 3. The van der Waals surface area contributed by atoms with E-state index in [1.54, 1.807) is 0 Å². The van der Waals surface area contributed by atoms with Crippen LogP contribution in [-0.4, -0.2) is 81.0 Å². The highest BCUT2D eigenvalue weighted by molar-refractivity contribution is 5.98. The molecule has 0 saturated carbocycles. The molecule has 5 N–H and O–H groups in total. The number of aryl methyl sites for hydroxylation is 1. The van der Waals surface area contributed by atoms with Crippen LogP contribution in [0, 0.1) is 5.92 Å². The van der Waals surface area contributed by atoms with Gasteiger partial charge in [-0.15, -0.1) is 0 Å². The van der Waals surface area contributed by atoms with Crippen molar-refractivity contribution >= 4 is 29.5 Å². The zero-order valence-corrected chi connectivity index (χ0v) is 26.9. The molecule has 5 amide bonds. The Kier molecular flexibility index (Phi) is 10.7. The molecule has 14 nitrogen and oxygen atoms in total. The smallest absolute Gasteiger partial charge is 0.275 e. The van der Waals surface area contributed by atoms with Crippen LogP contribution in [0.1, 0.15) is 83.6 Å². The number of benzene rings is 1. The molecule has 1 aromatic carbocycles. The number of hydrogen-bond acceptors (Lipinski definition) is 8. The van der Waals surface area contributed by atoms with E-state index < -0.39 is 41.8 Å². The van der Waals surface area contributed by atoms with Crippen LogP contribution in [-0.2, 0) is 40.2 Å². The molecule has 14 heteroatoms. The predicted molar refractivity (Wildman–Crippen MR) is 170 cm³/mol. The van der Waals surface area contributed by atoms with Crippen LogP contribution in [0.2, 0.25) is 0 Å². The minimum absolute atomic E-state index is 0.0346. The first-order valence-electron chi connectivity index (χ1n) is 16.1. The van der Waals surface area contributed by atoms with Gasteiger partial charge in [0, 0.05) is 36.8 Å². The summed E-state index contributed by atoms with van der Waals surface area (Å²) in [5.41, 5.74) is 2.91. The summed E-state index contributed by atoms with van der Waals surface area (Å²) in [6.45, 7) is 5.42. The third-order valence-electron chi connectivity index (χ3n) is 8.36. The number of aromatic amines is 1. The lowest BCUT2D eigenvalue weighted by Gasteiger charge is -2.26. The van der Waals surface area contributed by atoms with Crippen LogP contribution in [0.25, 0.3) is 0 Å². The minimum atomic E-state index is -1.02. The minimum Gasteiger partial charge on any atom is -0.359 e. The largest absolute Gasteiger partial charge is 0.359 e. The van der Waals surface area contributed by atoms with Gasteiger partial charge in [0.2, 0.25) is 17.7 Å². The molecule has 0 saturated heterocycles. The van der Waals surface area contributed by atoms with Gasteiger partial charge in [-0.3, -0.25) is 29.1 Å². The molecule has 250 valence electrons. The summed E-state index contributed by atoms with van der Waals surface area (Å²) in [6, 6.07) is 7.74. The number of H-pyrrole nitrogens is 1. The summed E-state index contributed by atoms with van der Waals surface area (Å²) in [6.07, 6.45) is 4.02. The van der Waals surface area contributed by atoms with Crippen molar-refractivity contribution in [1.29, 1.82) is 0 Å². The van der Waals surface area contributed by atoms with E-state index in [9.17, 15) is 24.0 Å². The SMILES string of the molecule is CC(C)C[C@H]1NC(=O)[C@@H](C)NC(=O)c2cc(on2)CN(C(=O)c2n[nH]c3c2CCCC3)CCNC(=O)[C@@H](Cc2ccccc2)NC1=O. The highest BCUT2D eigenvalue weighted by Crippen LogP contribution is 2.24. The van der Waals surface area contributed by atoms with Gasteiger partial charge in [-0.25, -0.2) is 0 Å². The van der Waals surface area contributed by atoms with E-state index in [4.69, 9.17) is 4.52 Å². The van der Waals surface area contributed by atoms with Gasteiger partial charge in [0.1, 0.15) is 18.1 Å². The molecule has 1 aliphatic carbocycles. The van der Waals surface area contributed by atoms with Crippen molar-refractivity contribution in [2.75, 3.05) is 13.1 Å². The van der Waals surface area contributed by atoms with Crippen LogP contribution in [0.5, 0.6) is 0 Å². The quantitative estimate of drug-likeness (QED) is 0.275. The number of rotatable bonds is 5. The van der Waals surface area contributed by atoms with Crippen molar-refractivity contribution in [3.63, 3.8) is 0 Å². The molecule has 3 aromatic rings. The Hall–Kier alpha value is -5.01. The van der Waals surface area contributed by atoms with E-state index in [1.165, 1.54) is 17.9 Å². The summed E-state index contributed by atoms with van der Waals surface area (Å²) < 4.78 is 5.43. The molecule has 3 atom stereocenters. The maximum Gasteiger partial charge on any atom is 0.275 e. The van der Waals surface area contributed by atoms with Crippen LogP contribution in [0.3, 0.4) is 0 Å². The van der Waals surface area contributed by atoms with Crippen LogP contribution >= 0.6 is 0 Å². The number of hydrogen-bond donors (Lipinski definition) is 5. The fraction of sp³-hybridized carbons (Fsp3) is 0.485. The van der Waals surface area contributed by atoms with Gasteiger partial charge in [-0.05, 0) is 50.5 Å². The van der Waals surface area contributed by atoms with Gasteiger partial charge in [0.05, 0.1) is 6.54 Å². The van der Waals surface area contributed by atoms with Crippen molar-refractivity contribution in [2.24, 2.45) is 5.92 Å². The molecule has 2 bridgehead atoms. The Balaban J connectivity index is 1.44. The van der Waals surface area contributed by atoms with Gasteiger partial charge in [-0.1, -0.05) is 49.3 Å². The first kappa shape index (κ1) is 33.4. The Morgan fingerprint density at radius 3 is 2.49 bits per heavy atom. The zero-order valence-electron chi connectivity index (χ0n) is 26.9. The molecule has 0 radical (unpaired) electrons. The molecule has 2 aromatic heterocycles. The number of nitrogens with one attached hydrogen (secondary N) is 5. The van der Waals surface area contributed by atoms with Gasteiger partial charge < -0.3 is 30.7 Å². The Bertz CT molecular complexity index is 1600. The molecule has 0 spiro atoms. The maximum absolute atomic E-state index is 13.9. The zero-order chi connectivity index (χ0) is 33.5. The van der Waals surface area contributed by atoms with Gasteiger partial charge in [0.25, 0.3) is 11.8 Å². The molecule has 1 aliphatic heterocycles. The van der Waals surface area contributed by atoms with E-state index in [-0.39, 0.29) is 49.3 Å². The molecule has 3 heterocycles. The normalized spacial score (nSPS) is 21.5. The average Bonchev–Trinajstić information content (AvgIpc) is 3.70.